The van der Waals surface area contributed by atoms with Crippen molar-refractivity contribution >= 4 is 16.0 Å². The van der Waals surface area contributed by atoms with Gasteiger partial charge in [-0.25, -0.2) is 0 Å². The first-order valence-electron chi connectivity index (χ1n) is 7.15. The molecule has 0 heterocycles. The monoisotopic (exact) mass is 328 g/mol. The summed E-state index contributed by atoms with van der Waals surface area (Å²) in [6, 6.07) is 0. The molecular formula is C15H24N2O4S. The average molecular weight is 328 g/mol. The summed E-state index contributed by atoms with van der Waals surface area (Å²) in [6.07, 6.45) is 12.5. The van der Waals surface area contributed by atoms with Crippen LogP contribution in [0.3, 0.4) is 0 Å². The van der Waals surface area contributed by atoms with Crippen LogP contribution in [-0.4, -0.2) is 44.3 Å². The van der Waals surface area contributed by atoms with Crippen molar-refractivity contribution in [2.24, 2.45) is 0 Å². The second-order valence-corrected chi connectivity index (χ2v) is 5.61. The summed E-state index contributed by atoms with van der Waals surface area (Å²) in [4.78, 5) is 11.8. The van der Waals surface area contributed by atoms with Gasteiger partial charge < -0.3 is 10.6 Å². The second kappa shape index (κ2) is 11.9. The minimum atomic E-state index is -3.93. The number of allylic oxidation sites excluding steroid dienone is 6. The number of hydrogen-bond acceptors (Lipinski definition) is 4. The Balaban J connectivity index is 0.00000211. The molecule has 0 unspecified atom stereocenters. The van der Waals surface area contributed by atoms with Gasteiger partial charge in [-0.3, -0.25) is 9.35 Å². The molecule has 0 saturated heterocycles. The number of carbonyl (C=O) groups is 1. The Morgan fingerprint density at radius 1 is 1.05 bits per heavy atom. The van der Waals surface area contributed by atoms with E-state index >= 15 is 0 Å². The number of nitrogens with one attached hydrogen (secondary N) is 2. The largest absolute Gasteiger partial charge is 0.351 e. The van der Waals surface area contributed by atoms with E-state index in [9.17, 15) is 13.2 Å². The summed E-state index contributed by atoms with van der Waals surface area (Å²) < 4.78 is 29.4. The van der Waals surface area contributed by atoms with E-state index in [0.29, 0.717) is 18.7 Å². The first kappa shape index (κ1) is 20.3. The van der Waals surface area contributed by atoms with Gasteiger partial charge in [0.2, 0.25) is 0 Å². The van der Waals surface area contributed by atoms with Crippen LogP contribution in [0.2, 0.25) is 0 Å². The second-order valence-electron chi connectivity index (χ2n) is 4.04. The quantitative estimate of drug-likeness (QED) is 0.482. The van der Waals surface area contributed by atoms with E-state index in [1.54, 1.807) is 24.3 Å². The highest BCUT2D eigenvalue weighted by Gasteiger charge is 2.05. The summed E-state index contributed by atoms with van der Waals surface area (Å²) >= 11 is 0. The van der Waals surface area contributed by atoms with Crippen LogP contribution in [0.4, 0.5) is 0 Å². The van der Waals surface area contributed by atoms with E-state index in [4.69, 9.17) is 4.55 Å². The molecule has 1 aliphatic carbocycles. The van der Waals surface area contributed by atoms with Crippen molar-refractivity contribution < 1.29 is 17.8 Å². The van der Waals surface area contributed by atoms with Crippen LogP contribution < -0.4 is 10.6 Å². The Hall–Kier alpha value is -1.70. The van der Waals surface area contributed by atoms with E-state index in [0.717, 1.165) is 0 Å². The molecule has 22 heavy (non-hydrogen) atoms. The van der Waals surface area contributed by atoms with Crippen molar-refractivity contribution in [3.8, 4) is 0 Å². The third-order valence-electron chi connectivity index (χ3n) is 2.38. The predicted octanol–water partition coefficient (Wildman–Crippen LogP) is 1.21. The average Bonchev–Trinajstić information content (AvgIpc) is 2.43. The van der Waals surface area contributed by atoms with Gasteiger partial charge in [0.15, 0.2) is 0 Å². The lowest BCUT2D eigenvalue weighted by atomic mass is 10.1. The number of amides is 1. The summed E-state index contributed by atoms with van der Waals surface area (Å²) in [5, 5.41) is 5.51. The Kier molecular flexibility index (Phi) is 11.0. The van der Waals surface area contributed by atoms with Gasteiger partial charge in [-0.1, -0.05) is 44.2 Å². The van der Waals surface area contributed by atoms with Crippen molar-refractivity contribution in [2.75, 3.05) is 25.4 Å². The van der Waals surface area contributed by atoms with Crippen LogP contribution in [0.5, 0.6) is 0 Å². The molecule has 0 aromatic heterocycles. The molecule has 0 spiro atoms. The molecule has 0 atom stereocenters. The number of hydrogen-bond donors (Lipinski definition) is 3. The minimum Gasteiger partial charge on any atom is -0.351 e. The topological polar surface area (TPSA) is 95.5 Å². The summed E-state index contributed by atoms with van der Waals surface area (Å²) in [5.41, 5.74) is 0.545. The molecule has 0 bridgehead atoms. The molecule has 0 saturated carbocycles. The third kappa shape index (κ3) is 11.0. The Bertz CT molecular complexity index is 546. The third-order valence-corrected chi connectivity index (χ3v) is 3.10. The van der Waals surface area contributed by atoms with Gasteiger partial charge in [0.1, 0.15) is 0 Å². The molecular weight excluding hydrogens is 304 g/mol. The molecule has 0 aliphatic heterocycles. The van der Waals surface area contributed by atoms with Gasteiger partial charge in [-0.15, -0.1) is 0 Å². The first-order chi connectivity index (χ1) is 10.5. The number of rotatable bonds is 7. The lowest BCUT2D eigenvalue weighted by Crippen LogP contribution is -2.34. The smallest absolute Gasteiger partial charge is 0.266 e. The molecule has 0 aromatic carbocycles. The lowest BCUT2D eigenvalue weighted by molar-refractivity contribution is -0.117. The van der Waals surface area contributed by atoms with Gasteiger partial charge in [0, 0.05) is 25.2 Å². The maximum absolute atomic E-state index is 11.8. The van der Waals surface area contributed by atoms with Crippen molar-refractivity contribution in [1.82, 2.24) is 10.6 Å². The molecule has 1 aliphatic rings. The molecule has 1 rings (SSSR count). The van der Waals surface area contributed by atoms with Crippen LogP contribution >= 0.6 is 0 Å². The van der Waals surface area contributed by atoms with E-state index < -0.39 is 10.1 Å². The van der Waals surface area contributed by atoms with Crippen molar-refractivity contribution in [3.05, 3.63) is 48.1 Å². The maximum atomic E-state index is 11.8. The van der Waals surface area contributed by atoms with Gasteiger partial charge >= 0.3 is 0 Å². The molecule has 0 radical (unpaired) electrons. The van der Waals surface area contributed by atoms with Crippen LogP contribution in [0.15, 0.2) is 48.1 Å². The zero-order valence-electron chi connectivity index (χ0n) is 13.0. The van der Waals surface area contributed by atoms with Crippen molar-refractivity contribution in [2.45, 2.75) is 13.8 Å². The molecule has 0 aromatic rings. The molecule has 7 heteroatoms. The van der Waals surface area contributed by atoms with Gasteiger partial charge in [-0.05, 0) is 12.2 Å². The first-order valence-corrected chi connectivity index (χ1v) is 8.76. The van der Waals surface area contributed by atoms with Gasteiger partial charge in [0.05, 0.1) is 5.75 Å². The fraction of sp³-hybridized carbons (Fsp3) is 0.400. The molecule has 0 fully saturated rings. The van der Waals surface area contributed by atoms with Gasteiger partial charge in [-0.2, -0.15) is 8.42 Å². The Morgan fingerprint density at radius 3 is 2.36 bits per heavy atom. The lowest BCUT2D eigenvalue weighted by Gasteiger charge is -2.07. The Labute approximate surface area is 132 Å². The van der Waals surface area contributed by atoms with E-state index in [1.807, 2.05) is 32.1 Å². The van der Waals surface area contributed by atoms with E-state index in [1.165, 1.54) is 0 Å². The van der Waals surface area contributed by atoms with Crippen molar-refractivity contribution in [3.63, 3.8) is 0 Å². The summed E-state index contributed by atoms with van der Waals surface area (Å²) in [5.74, 6) is -0.538. The van der Waals surface area contributed by atoms with E-state index in [2.05, 4.69) is 10.6 Å². The highest BCUT2D eigenvalue weighted by molar-refractivity contribution is 7.85. The van der Waals surface area contributed by atoms with Crippen LogP contribution in [-0.2, 0) is 14.9 Å². The van der Waals surface area contributed by atoms with E-state index in [-0.39, 0.29) is 18.2 Å². The fourth-order valence-corrected chi connectivity index (χ4v) is 1.81. The highest BCUT2D eigenvalue weighted by Crippen LogP contribution is 2.01. The fourth-order valence-electron chi connectivity index (χ4n) is 1.41. The van der Waals surface area contributed by atoms with Gasteiger partial charge in [0.25, 0.3) is 16.0 Å². The standard InChI is InChI=1S/C13H18N2O4S.C2H6/c16-13(12-6-4-2-1-3-5-7-12)15-9-8-14-10-11-20(17,18)19;1-2/h1-7,14H,8-11H2,(H,15,16)(H,17,18,19);1-2H3/b2-1-,3-1?,4-2?,5-3-,6-4-,7-5?,12-6?,12-7+;. The molecule has 124 valence electrons. The van der Waals surface area contributed by atoms with Crippen LogP contribution in [0.1, 0.15) is 13.8 Å². The molecule has 1 amide bonds. The molecule has 3 N–H and O–H groups in total. The summed E-state index contributed by atoms with van der Waals surface area (Å²) in [6.45, 7) is 4.94. The predicted molar refractivity (Wildman–Crippen MR) is 89.1 cm³/mol. The van der Waals surface area contributed by atoms with Crippen LogP contribution in [0.25, 0.3) is 0 Å². The normalized spacial score (nSPS) is 20.2. The zero-order chi connectivity index (χ0) is 16.8. The highest BCUT2D eigenvalue weighted by atomic mass is 32.2. The number of carbonyl (C=O) groups excluding carboxylic acids is 1. The maximum Gasteiger partial charge on any atom is 0.266 e. The minimum absolute atomic E-state index is 0.144. The summed E-state index contributed by atoms with van der Waals surface area (Å²) in [7, 11) is -3.93. The van der Waals surface area contributed by atoms with Crippen LogP contribution in [0, 0.1) is 0 Å². The Morgan fingerprint density at radius 2 is 1.68 bits per heavy atom. The molecule has 6 nitrogen and oxygen atoms in total. The van der Waals surface area contributed by atoms with Crippen molar-refractivity contribution in [1.29, 1.82) is 0 Å². The zero-order valence-corrected chi connectivity index (χ0v) is 13.8. The SMILES string of the molecule is CC.O=C(NCCNCCS(=O)(=O)O)C1=C/C=C\C=C/C=C\1.